The molecule has 0 aliphatic rings. The Balaban J connectivity index is 1.77. The number of hydrogen-bond donors (Lipinski definition) is 0. The molecule has 0 atom stereocenters. The molecule has 0 saturated heterocycles. The fraction of sp³-hybridized carbons (Fsp3) is 0.208. The molecule has 7 aromatic rings. The van der Waals surface area contributed by atoms with Crippen LogP contribution >= 0.6 is 0 Å². The van der Waals surface area contributed by atoms with Crippen LogP contribution in [0.4, 0.5) is 0 Å². The predicted molar refractivity (Wildman–Crippen MR) is 217 cm³/mol. The van der Waals surface area contributed by atoms with Gasteiger partial charge in [0.25, 0.3) is 0 Å². The van der Waals surface area contributed by atoms with Gasteiger partial charge >= 0.3 is 0 Å². The van der Waals surface area contributed by atoms with Crippen LogP contribution in [-0.4, -0.2) is 19.9 Å². The first-order valence-electron chi connectivity index (χ1n) is 18.0. The van der Waals surface area contributed by atoms with Gasteiger partial charge in [0.2, 0.25) is 0 Å². The largest absolute Gasteiger partial charge is 0.244 e. The molecule has 0 spiro atoms. The molecule has 7 rings (SSSR count). The van der Waals surface area contributed by atoms with Crippen molar-refractivity contribution in [3.63, 3.8) is 0 Å². The summed E-state index contributed by atoms with van der Waals surface area (Å²) in [6.45, 7) is 17.8. The Hall–Kier alpha value is -5.74. The van der Waals surface area contributed by atoms with E-state index in [1.807, 2.05) is 24.8 Å². The fourth-order valence-electron chi connectivity index (χ4n) is 7.05. The monoisotopic (exact) mass is 678 g/mol. The second kappa shape index (κ2) is 13.8. The number of aromatic nitrogens is 4. The van der Waals surface area contributed by atoms with Gasteiger partial charge in [-0.25, -0.2) is 19.9 Å². The Morgan fingerprint density at radius 2 is 0.538 bits per heavy atom. The molecule has 2 heterocycles. The highest BCUT2D eigenvalue weighted by Crippen LogP contribution is 2.55. The van der Waals surface area contributed by atoms with Crippen LogP contribution in [0.2, 0.25) is 0 Å². The summed E-state index contributed by atoms with van der Waals surface area (Å²) in [6, 6.07) is 36.1. The van der Waals surface area contributed by atoms with Crippen LogP contribution in [0.5, 0.6) is 0 Å². The zero-order chi connectivity index (χ0) is 36.6. The lowest BCUT2D eigenvalue weighted by Gasteiger charge is -2.29. The minimum absolute atomic E-state index is 0.0110. The van der Waals surface area contributed by atoms with Crippen LogP contribution in [0.3, 0.4) is 0 Å². The number of rotatable bonds is 6. The van der Waals surface area contributed by atoms with Crippen molar-refractivity contribution in [1.82, 2.24) is 19.9 Å². The van der Waals surface area contributed by atoms with Gasteiger partial charge in [-0.3, -0.25) is 0 Å². The fourth-order valence-corrected chi connectivity index (χ4v) is 7.05. The third-order valence-corrected chi connectivity index (χ3v) is 9.96. The molecule has 4 nitrogen and oxygen atoms in total. The van der Waals surface area contributed by atoms with Gasteiger partial charge < -0.3 is 0 Å². The lowest BCUT2D eigenvalue weighted by molar-refractivity contribution is 0.590. The van der Waals surface area contributed by atoms with Gasteiger partial charge in [-0.1, -0.05) is 150 Å². The first-order valence-corrected chi connectivity index (χ1v) is 18.0. The molecule has 0 amide bonds. The summed E-state index contributed by atoms with van der Waals surface area (Å²) < 4.78 is 0. The predicted octanol–water partition coefficient (Wildman–Crippen LogP) is 12.5. The first-order chi connectivity index (χ1) is 24.9. The molecule has 0 unspecified atom stereocenters. The average molecular weight is 679 g/mol. The minimum atomic E-state index is 0.0110. The summed E-state index contributed by atoms with van der Waals surface area (Å²) in [5.41, 5.74) is 18.0. The van der Waals surface area contributed by atoms with Gasteiger partial charge in [-0.2, -0.15) is 0 Å². The number of hydrogen-bond acceptors (Lipinski definition) is 4. The van der Waals surface area contributed by atoms with Crippen molar-refractivity contribution >= 4 is 0 Å². The van der Waals surface area contributed by atoms with Crippen LogP contribution in [-0.2, 0) is 10.8 Å². The maximum Gasteiger partial charge on any atom is 0.115 e. The van der Waals surface area contributed by atoms with E-state index in [2.05, 4.69) is 172 Å². The Labute approximate surface area is 308 Å². The average Bonchev–Trinajstić information content (AvgIpc) is 3.14. The van der Waals surface area contributed by atoms with Gasteiger partial charge in [0, 0.05) is 47.0 Å². The zero-order valence-corrected chi connectivity index (χ0v) is 31.5. The van der Waals surface area contributed by atoms with E-state index >= 15 is 0 Å². The Bertz CT molecular complexity index is 2140. The normalized spacial score (nSPS) is 11.8. The Kier molecular flexibility index (Phi) is 9.18. The van der Waals surface area contributed by atoms with Crippen molar-refractivity contribution in [3.8, 4) is 66.8 Å². The Morgan fingerprint density at radius 3 is 0.788 bits per heavy atom. The van der Waals surface area contributed by atoms with E-state index in [9.17, 15) is 0 Å². The maximum absolute atomic E-state index is 4.58. The number of aryl methyl sites for hydroxylation is 2. The van der Waals surface area contributed by atoms with E-state index in [1.165, 1.54) is 22.3 Å². The van der Waals surface area contributed by atoms with Gasteiger partial charge in [-0.15, -0.1) is 0 Å². The van der Waals surface area contributed by atoms with E-state index in [1.54, 1.807) is 12.7 Å². The Morgan fingerprint density at radius 1 is 0.308 bits per heavy atom. The molecule has 52 heavy (non-hydrogen) atoms. The topological polar surface area (TPSA) is 51.6 Å². The van der Waals surface area contributed by atoms with E-state index in [-0.39, 0.29) is 10.8 Å². The highest BCUT2D eigenvalue weighted by atomic mass is 14.8. The summed E-state index contributed by atoms with van der Waals surface area (Å²) in [7, 11) is 0. The summed E-state index contributed by atoms with van der Waals surface area (Å²) in [5.74, 6) is 0. The maximum atomic E-state index is 4.58. The summed E-state index contributed by atoms with van der Waals surface area (Å²) >= 11 is 0. The van der Waals surface area contributed by atoms with Crippen LogP contribution < -0.4 is 0 Å². The van der Waals surface area contributed by atoms with Crippen molar-refractivity contribution < 1.29 is 0 Å². The van der Waals surface area contributed by atoms with Crippen molar-refractivity contribution in [2.75, 3.05) is 0 Å². The first kappa shape index (κ1) is 34.7. The van der Waals surface area contributed by atoms with Gasteiger partial charge in [0.05, 0.1) is 0 Å². The van der Waals surface area contributed by atoms with E-state index in [0.29, 0.717) is 0 Å². The highest BCUT2D eigenvalue weighted by molar-refractivity contribution is 6.14. The minimum Gasteiger partial charge on any atom is -0.244 e. The quantitative estimate of drug-likeness (QED) is 0.176. The van der Waals surface area contributed by atoms with E-state index < -0.39 is 0 Å². The number of nitrogens with zero attached hydrogens (tertiary/aromatic N) is 4. The molecule has 2 aromatic heterocycles. The van der Waals surface area contributed by atoms with Crippen LogP contribution in [0, 0.1) is 13.8 Å². The third kappa shape index (κ3) is 6.81. The van der Waals surface area contributed by atoms with Gasteiger partial charge in [-0.05, 0) is 80.3 Å². The molecule has 0 fully saturated rings. The number of benzene rings is 5. The van der Waals surface area contributed by atoms with Crippen LogP contribution in [0.15, 0.2) is 135 Å². The van der Waals surface area contributed by atoms with Crippen molar-refractivity contribution in [2.24, 2.45) is 0 Å². The SMILES string of the molecule is Cc1ccc(-c2c(-c3ccc(C)cc3)c(-c3ccc(C(C)(C)C)cc3)c(-c3cncnc3)c(-c3cncnc3)c2-c2ccc(C(C)(C)C)cc2)cc1. The lowest BCUT2D eigenvalue weighted by atomic mass is 9.74. The van der Waals surface area contributed by atoms with E-state index in [0.717, 1.165) is 66.8 Å². The van der Waals surface area contributed by atoms with Crippen molar-refractivity contribution in [2.45, 2.75) is 66.2 Å². The molecular formula is C48H46N4. The molecule has 0 aliphatic heterocycles. The molecule has 0 bridgehead atoms. The zero-order valence-electron chi connectivity index (χ0n) is 31.5. The highest BCUT2D eigenvalue weighted by Gasteiger charge is 2.30. The molecule has 0 radical (unpaired) electrons. The second-order valence-corrected chi connectivity index (χ2v) is 15.9. The molecule has 258 valence electrons. The summed E-state index contributed by atoms with van der Waals surface area (Å²) in [6.07, 6.45) is 10.9. The standard InChI is InChI=1S/C48H46N4/c1-31-9-13-33(14-10-31)41-42(34-15-11-32(2)12-16-34)44(36-19-23-40(24-20-36)48(6,7)8)46(38-27-51-30-52-28-38)45(37-25-49-29-50-26-37)43(41)35-17-21-39(22-18-35)47(3,4)5/h9-30H,1-8H3. The smallest absolute Gasteiger partial charge is 0.115 e. The molecule has 4 heteroatoms. The molecule has 0 N–H and O–H groups in total. The molecule has 0 saturated carbocycles. The van der Waals surface area contributed by atoms with Crippen molar-refractivity contribution in [3.05, 3.63) is 157 Å². The van der Waals surface area contributed by atoms with E-state index in [4.69, 9.17) is 0 Å². The second-order valence-electron chi connectivity index (χ2n) is 15.9. The lowest BCUT2D eigenvalue weighted by Crippen LogP contribution is -2.11. The summed E-state index contributed by atoms with van der Waals surface area (Å²) in [4.78, 5) is 18.3. The molecular weight excluding hydrogens is 633 g/mol. The van der Waals surface area contributed by atoms with Gasteiger partial charge in [0.15, 0.2) is 0 Å². The van der Waals surface area contributed by atoms with Crippen molar-refractivity contribution in [1.29, 1.82) is 0 Å². The van der Waals surface area contributed by atoms with Gasteiger partial charge in [0.1, 0.15) is 12.7 Å². The van der Waals surface area contributed by atoms with Crippen LogP contribution in [0.25, 0.3) is 66.8 Å². The molecule has 5 aromatic carbocycles. The summed E-state index contributed by atoms with van der Waals surface area (Å²) in [5, 5.41) is 0. The van der Waals surface area contributed by atoms with Crippen LogP contribution in [0.1, 0.15) is 63.8 Å². The molecule has 0 aliphatic carbocycles. The third-order valence-electron chi connectivity index (χ3n) is 9.96.